The molecule has 0 aliphatic carbocycles. The molecule has 2 heteroatoms. The Kier molecular flexibility index (Phi) is 3.26. The summed E-state index contributed by atoms with van der Waals surface area (Å²) in [4.78, 5) is 0. The van der Waals surface area contributed by atoms with E-state index in [1.54, 1.807) is 6.92 Å². The number of benzene rings is 1. The maximum absolute atomic E-state index is 8.85. The molecular weight excluding hydrogens is 152 g/mol. The van der Waals surface area contributed by atoms with Crippen molar-refractivity contribution in [2.24, 2.45) is 0 Å². The highest BCUT2D eigenvalue weighted by atomic mass is 16.6. The Morgan fingerprint density at radius 2 is 1.92 bits per heavy atom. The van der Waals surface area contributed by atoms with Crippen LogP contribution in [0.5, 0.6) is 0 Å². The maximum Gasteiger partial charge on any atom is 0.152 e. The van der Waals surface area contributed by atoms with E-state index in [2.05, 4.69) is 0 Å². The van der Waals surface area contributed by atoms with Crippen LogP contribution in [0.3, 0.4) is 0 Å². The zero-order valence-electron chi connectivity index (χ0n) is 7.45. The molecule has 1 aromatic carbocycles. The Labute approximate surface area is 72.8 Å². The Hall–Kier alpha value is -0.860. The van der Waals surface area contributed by atoms with Crippen LogP contribution in [-0.4, -0.2) is 11.4 Å². The predicted molar refractivity (Wildman–Crippen MR) is 47.6 cm³/mol. The molecule has 1 atom stereocenters. The molecule has 2 nitrogen and oxygen atoms in total. The summed E-state index contributed by atoms with van der Waals surface area (Å²) in [5.41, 5.74) is 2.32. The minimum Gasteiger partial charge on any atom is -0.368 e. The summed E-state index contributed by atoms with van der Waals surface area (Å²) in [6.07, 6.45) is -0.689. The van der Waals surface area contributed by atoms with E-state index in [4.69, 9.17) is 9.84 Å². The van der Waals surface area contributed by atoms with E-state index in [0.29, 0.717) is 6.61 Å². The molecule has 0 saturated carbocycles. The van der Waals surface area contributed by atoms with E-state index in [1.165, 1.54) is 5.56 Å². The minimum atomic E-state index is -0.689. The first-order valence-corrected chi connectivity index (χ1v) is 4.03. The van der Waals surface area contributed by atoms with Crippen molar-refractivity contribution in [3.8, 4) is 0 Å². The molecule has 12 heavy (non-hydrogen) atoms. The number of aryl methyl sites for hydroxylation is 1. The second-order valence-corrected chi connectivity index (χ2v) is 2.90. The third-order valence-corrected chi connectivity index (χ3v) is 1.61. The normalized spacial score (nSPS) is 12.9. The number of hydrogen-bond donors (Lipinski definition) is 1. The average Bonchev–Trinajstić information content (AvgIpc) is 2.03. The third-order valence-electron chi connectivity index (χ3n) is 1.61. The number of ether oxygens (including phenoxy) is 1. The van der Waals surface area contributed by atoms with Crippen LogP contribution >= 0.6 is 0 Å². The molecule has 0 aliphatic heterocycles. The molecule has 1 rings (SSSR count). The van der Waals surface area contributed by atoms with E-state index in [-0.39, 0.29) is 0 Å². The molecule has 0 fully saturated rings. The Morgan fingerprint density at radius 3 is 2.42 bits per heavy atom. The Balaban J connectivity index is 2.48. The van der Waals surface area contributed by atoms with Gasteiger partial charge in [0.25, 0.3) is 0 Å². The zero-order chi connectivity index (χ0) is 8.97. The van der Waals surface area contributed by atoms with E-state index < -0.39 is 6.29 Å². The summed E-state index contributed by atoms with van der Waals surface area (Å²) in [6, 6.07) is 8.05. The number of aliphatic hydroxyl groups excluding tert-OH is 1. The SMILES string of the molecule is Cc1ccc(COC(C)O)cc1. The molecule has 0 spiro atoms. The largest absolute Gasteiger partial charge is 0.368 e. The molecular formula is C10H14O2. The van der Waals surface area contributed by atoms with Crippen molar-refractivity contribution >= 4 is 0 Å². The van der Waals surface area contributed by atoms with Crippen LogP contribution < -0.4 is 0 Å². The fourth-order valence-corrected chi connectivity index (χ4v) is 0.901. The molecule has 0 bridgehead atoms. The van der Waals surface area contributed by atoms with Crippen molar-refractivity contribution in [2.75, 3.05) is 0 Å². The predicted octanol–water partition coefficient (Wildman–Crippen LogP) is 1.85. The minimum absolute atomic E-state index is 0.470. The van der Waals surface area contributed by atoms with Crippen LogP contribution in [0, 0.1) is 6.92 Å². The number of rotatable bonds is 3. The highest BCUT2D eigenvalue weighted by Gasteiger charge is 1.95. The van der Waals surface area contributed by atoms with Crippen LogP contribution in [0.15, 0.2) is 24.3 Å². The molecule has 0 amide bonds. The lowest BCUT2D eigenvalue weighted by atomic mass is 10.2. The molecule has 0 aliphatic rings. The van der Waals surface area contributed by atoms with Gasteiger partial charge in [-0.2, -0.15) is 0 Å². The fraction of sp³-hybridized carbons (Fsp3) is 0.400. The fourth-order valence-electron chi connectivity index (χ4n) is 0.901. The average molecular weight is 166 g/mol. The van der Waals surface area contributed by atoms with Crippen LogP contribution in [0.25, 0.3) is 0 Å². The summed E-state index contributed by atoms with van der Waals surface area (Å²) >= 11 is 0. The van der Waals surface area contributed by atoms with E-state index in [9.17, 15) is 0 Å². The molecule has 1 N–H and O–H groups in total. The summed E-state index contributed by atoms with van der Waals surface area (Å²) in [7, 11) is 0. The van der Waals surface area contributed by atoms with Gasteiger partial charge in [0.2, 0.25) is 0 Å². The maximum atomic E-state index is 8.85. The van der Waals surface area contributed by atoms with Crippen LogP contribution in [0.2, 0.25) is 0 Å². The highest BCUT2D eigenvalue weighted by Crippen LogP contribution is 2.05. The molecule has 0 radical (unpaired) electrons. The van der Waals surface area contributed by atoms with Crippen molar-refractivity contribution in [3.05, 3.63) is 35.4 Å². The number of aliphatic hydroxyl groups is 1. The molecule has 1 aromatic rings. The van der Waals surface area contributed by atoms with Gasteiger partial charge in [-0.15, -0.1) is 0 Å². The second-order valence-electron chi connectivity index (χ2n) is 2.90. The lowest BCUT2D eigenvalue weighted by Gasteiger charge is -2.06. The van der Waals surface area contributed by atoms with Gasteiger partial charge in [-0.25, -0.2) is 0 Å². The van der Waals surface area contributed by atoms with Gasteiger partial charge in [0.05, 0.1) is 6.61 Å². The summed E-state index contributed by atoms with van der Waals surface area (Å²) in [5.74, 6) is 0. The highest BCUT2D eigenvalue weighted by molar-refractivity contribution is 5.20. The first-order valence-electron chi connectivity index (χ1n) is 4.03. The smallest absolute Gasteiger partial charge is 0.152 e. The topological polar surface area (TPSA) is 29.5 Å². The molecule has 66 valence electrons. The molecule has 0 saturated heterocycles. The summed E-state index contributed by atoms with van der Waals surface area (Å²) < 4.78 is 5.02. The van der Waals surface area contributed by atoms with E-state index in [0.717, 1.165) is 5.56 Å². The lowest BCUT2D eigenvalue weighted by Crippen LogP contribution is -2.05. The van der Waals surface area contributed by atoms with Gasteiger partial charge >= 0.3 is 0 Å². The lowest BCUT2D eigenvalue weighted by molar-refractivity contribution is -0.0939. The third kappa shape index (κ3) is 3.03. The van der Waals surface area contributed by atoms with Crippen molar-refractivity contribution in [2.45, 2.75) is 26.7 Å². The first-order chi connectivity index (χ1) is 5.68. The van der Waals surface area contributed by atoms with E-state index >= 15 is 0 Å². The van der Waals surface area contributed by atoms with Crippen molar-refractivity contribution in [3.63, 3.8) is 0 Å². The van der Waals surface area contributed by atoms with Crippen molar-refractivity contribution < 1.29 is 9.84 Å². The molecule has 1 unspecified atom stereocenters. The van der Waals surface area contributed by atoms with Gasteiger partial charge in [-0.05, 0) is 19.4 Å². The van der Waals surface area contributed by atoms with Crippen LogP contribution in [0.4, 0.5) is 0 Å². The Bertz CT molecular complexity index is 226. The molecule has 0 heterocycles. The van der Waals surface area contributed by atoms with Crippen LogP contribution in [0.1, 0.15) is 18.1 Å². The zero-order valence-corrected chi connectivity index (χ0v) is 7.45. The van der Waals surface area contributed by atoms with Gasteiger partial charge in [0, 0.05) is 0 Å². The van der Waals surface area contributed by atoms with Crippen molar-refractivity contribution in [1.29, 1.82) is 0 Å². The summed E-state index contributed by atoms with van der Waals surface area (Å²) in [6.45, 7) is 4.12. The van der Waals surface area contributed by atoms with Crippen molar-refractivity contribution in [1.82, 2.24) is 0 Å². The van der Waals surface area contributed by atoms with Gasteiger partial charge in [-0.1, -0.05) is 29.8 Å². The summed E-state index contributed by atoms with van der Waals surface area (Å²) in [5, 5.41) is 8.85. The Morgan fingerprint density at radius 1 is 1.33 bits per heavy atom. The first kappa shape index (κ1) is 9.23. The standard InChI is InChI=1S/C10H14O2/c1-8-3-5-10(6-4-8)7-12-9(2)11/h3-6,9,11H,7H2,1-2H3. The van der Waals surface area contributed by atoms with Gasteiger partial charge in [-0.3, -0.25) is 0 Å². The van der Waals surface area contributed by atoms with Gasteiger partial charge in [0.15, 0.2) is 6.29 Å². The number of hydrogen-bond acceptors (Lipinski definition) is 2. The monoisotopic (exact) mass is 166 g/mol. The van der Waals surface area contributed by atoms with Gasteiger partial charge in [0.1, 0.15) is 0 Å². The molecule has 0 aromatic heterocycles. The quantitative estimate of drug-likeness (QED) is 0.694. The van der Waals surface area contributed by atoms with Gasteiger partial charge < -0.3 is 9.84 Å². The van der Waals surface area contributed by atoms with E-state index in [1.807, 2.05) is 31.2 Å². The second kappa shape index (κ2) is 4.24. The van der Waals surface area contributed by atoms with Crippen LogP contribution in [-0.2, 0) is 11.3 Å².